The van der Waals surface area contributed by atoms with Crippen LogP contribution in [0.2, 0.25) is 0 Å². The second-order valence-electron chi connectivity index (χ2n) is 7.32. The molecule has 6 nitrogen and oxygen atoms in total. The first kappa shape index (κ1) is 16.0. The summed E-state index contributed by atoms with van der Waals surface area (Å²) >= 11 is 0. The lowest BCUT2D eigenvalue weighted by Gasteiger charge is -2.49. The Kier molecular flexibility index (Phi) is 4.76. The van der Waals surface area contributed by atoms with Gasteiger partial charge < -0.3 is 4.90 Å². The van der Waals surface area contributed by atoms with E-state index in [1.54, 1.807) is 18.6 Å². The van der Waals surface area contributed by atoms with Gasteiger partial charge in [-0.05, 0) is 12.8 Å². The molecule has 2 aliphatic heterocycles. The highest BCUT2D eigenvalue weighted by Crippen LogP contribution is 2.25. The fourth-order valence-electron chi connectivity index (χ4n) is 4.34. The number of amides is 1. The van der Waals surface area contributed by atoms with Gasteiger partial charge in [0.15, 0.2) is 0 Å². The minimum atomic E-state index is 0.0141. The first-order chi connectivity index (χ1) is 11.8. The zero-order chi connectivity index (χ0) is 16.4. The third-order valence-electron chi connectivity index (χ3n) is 5.89. The molecular formula is C18H27N5O. The molecule has 0 bridgehead atoms. The normalized spacial score (nSPS) is 24.8. The van der Waals surface area contributed by atoms with E-state index in [-0.39, 0.29) is 5.91 Å². The van der Waals surface area contributed by atoms with Crippen LogP contribution in [0, 0.1) is 0 Å². The van der Waals surface area contributed by atoms with Gasteiger partial charge in [0.2, 0.25) is 0 Å². The van der Waals surface area contributed by atoms with E-state index in [1.807, 2.05) is 4.90 Å². The van der Waals surface area contributed by atoms with Gasteiger partial charge in [-0.15, -0.1) is 0 Å². The molecule has 24 heavy (non-hydrogen) atoms. The Morgan fingerprint density at radius 3 is 2.21 bits per heavy atom. The summed E-state index contributed by atoms with van der Waals surface area (Å²) in [5.74, 6) is 0.0141. The SMILES string of the molecule is O=C(c1cnccn1)N1CC(N2CCN(C3CCCCC3)CC2)C1. The second-order valence-corrected chi connectivity index (χ2v) is 7.32. The molecule has 0 unspecified atom stereocenters. The lowest BCUT2D eigenvalue weighted by molar-refractivity contribution is -0.00289. The third-order valence-corrected chi connectivity index (χ3v) is 5.89. The molecule has 1 aliphatic carbocycles. The molecule has 4 rings (SSSR count). The smallest absolute Gasteiger partial charge is 0.274 e. The van der Waals surface area contributed by atoms with Gasteiger partial charge in [-0.25, -0.2) is 4.98 Å². The number of carbonyl (C=O) groups is 1. The number of hydrogen-bond acceptors (Lipinski definition) is 5. The van der Waals surface area contributed by atoms with Crippen molar-refractivity contribution in [2.24, 2.45) is 0 Å². The van der Waals surface area contributed by atoms with Gasteiger partial charge in [-0.2, -0.15) is 0 Å². The summed E-state index contributed by atoms with van der Waals surface area (Å²) in [6.07, 6.45) is 11.8. The predicted molar refractivity (Wildman–Crippen MR) is 91.7 cm³/mol. The molecule has 0 spiro atoms. The van der Waals surface area contributed by atoms with Crippen molar-refractivity contribution < 1.29 is 4.79 Å². The zero-order valence-electron chi connectivity index (χ0n) is 14.3. The summed E-state index contributed by atoms with van der Waals surface area (Å²) in [5.41, 5.74) is 0.457. The summed E-state index contributed by atoms with van der Waals surface area (Å²) in [7, 11) is 0. The Morgan fingerprint density at radius 2 is 1.58 bits per heavy atom. The van der Waals surface area contributed by atoms with Crippen LogP contribution >= 0.6 is 0 Å². The lowest BCUT2D eigenvalue weighted by atomic mass is 9.93. The first-order valence-corrected chi connectivity index (χ1v) is 9.34. The molecule has 3 fully saturated rings. The molecule has 3 heterocycles. The monoisotopic (exact) mass is 329 g/mol. The Morgan fingerprint density at radius 1 is 0.917 bits per heavy atom. The molecule has 0 aromatic carbocycles. The number of carbonyl (C=O) groups excluding carboxylic acids is 1. The summed E-state index contributed by atoms with van der Waals surface area (Å²) in [5, 5.41) is 0. The molecule has 0 N–H and O–H groups in total. The Balaban J connectivity index is 1.23. The van der Waals surface area contributed by atoms with Crippen molar-refractivity contribution in [3.05, 3.63) is 24.3 Å². The van der Waals surface area contributed by atoms with Gasteiger partial charge in [-0.1, -0.05) is 19.3 Å². The average Bonchev–Trinajstić information content (AvgIpc) is 2.62. The quantitative estimate of drug-likeness (QED) is 0.835. The number of piperazine rings is 1. The molecule has 1 amide bonds. The van der Waals surface area contributed by atoms with Crippen LogP contribution in [0.5, 0.6) is 0 Å². The molecule has 130 valence electrons. The summed E-state index contributed by atoms with van der Waals surface area (Å²) in [4.78, 5) is 27.6. The van der Waals surface area contributed by atoms with Crippen LogP contribution in [0.3, 0.4) is 0 Å². The molecule has 0 atom stereocenters. The molecule has 0 radical (unpaired) electrons. The Bertz CT molecular complexity index is 546. The molecular weight excluding hydrogens is 302 g/mol. The lowest BCUT2D eigenvalue weighted by Crippen LogP contribution is -2.64. The molecule has 6 heteroatoms. The zero-order valence-corrected chi connectivity index (χ0v) is 14.3. The maximum absolute atomic E-state index is 12.3. The number of hydrogen-bond donors (Lipinski definition) is 0. The van der Waals surface area contributed by atoms with Crippen LogP contribution in [0.25, 0.3) is 0 Å². The highest BCUT2D eigenvalue weighted by atomic mass is 16.2. The van der Waals surface area contributed by atoms with Crippen LogP contribution in [0.1, 0.15) is 42.6 Å². The average molecular weight is 329 g/mol. The van der Waals surface area contributed by atoms with Crippen molar-refractivity contribution in [3.8, 4) is 0 Å². The maximum atomic E-state index is 12.3. The maximum Gasteiger partial charge on any atom is 0.274 e. The van der Waals surface area contributed by atoms with Crippen molar-refractivity contribution in [3.63, 3.8) is 0 Å². The van der Waals surface area contributed by atoms with Gasteiger partial charge >= 0.3 is 0 Å². The van der Waals surface area contributed by atoms with Crippen LogP contribution < -0.4 is 0 Å². The van der Waals surface area contributed by atoms with E-state index < -0.39 is 0 Å². The molecule has 1 aromatic rings. The van der Waals surface area contributed by atoms with E-state index in [4.69, 9.17) is 0 Å². The largest absolute Gasteiger partial charge is 0.334 e. The van der Waals surface area contributed by atoms with E-state index in [0.717, 1.165) is 32.2 Å². The Hall–Kier alpha value is -1.53. The van der Waals surface area contributed by atoms with Crippen LogP contribution in [-0.2, 0) is 0 Å². The first-order valence-electron chi connectivity index (χ1n) is 9.34. The number of nitrogens with zero attached hydrogens (tertiary/aromatic N) is 5. The van der Waals surface area contributed by atoms with E-state index in [0.29, 0.717) is 11.7 Å². The molecule has 2 saturated heterocycles. The van der Waals surface area contributed by atoms with Crippen molar-refractivity contribution >= 4 is 5.91 Å². The van der Waals surface area contributed by atoms with Gasteiger partial charge in [0.25, 0.3) is 5.91 Å². The van der Waals surface area contributed by atoms with Crippen LogP contribution in [0.4, 0.5) is 0 Å². The summed E-state index contributed by atoms with van der Waals surface area (Å²) in [6, 6.07) is 1.36. The van der Waals surface area contributed by atoms with Gasteiger partial charge in [0.1, 0.15) is 5.69 Å². The molecule has 1 saturated carbocycles. The third kappa shape index (κ3) is 3.30. The summed E-state index contributed by atoms with van der Waals surface area (Å²) < 4.78 is 0. The predicted octanol–water partition coefficient (Wildman–Crippen LogP) is 1.25. The minimum Gasteiger partial charge on any atom is -0.334 e. The highest BCUT2D eigenvalue weighted by Gasteiger charge is 2.37. The highest BCUT2D eigenvalue weighted by molar-refractivity contribution is 5.92. The Labute approximate surface area is 143 Å². The standard InChI is InChI=1S/C18H27N5O/c24-18(17-12-19-6-7-20-17)23-13-16(14-23)22-10-8-21(9-11-22)15-4-2-1-3-5-15/h6-7,12,15-16H,1-5,8-11,13-14H2. The summed E-state index contributed by atoms with van der Waals surface area (Å²) in [6.45, 7) is 6.35. The van der Waals surface area contributed by atoms with Crippen LogP contribution in [-0.4, -0.2) is 81.9 Å². The fraction of sp³-hybridized carbons (Fsp3) is 0.722. The minimum absolute atomic E-state index is 0.0141. The van der Waals surface area contributed by atoms with E-state index in [2.05, 4.69) is 19.8 Å². The second kappa shape index (κ2) is 7.15. The number of aromatic nitrogens is 2. The van der Waals surface area contributed by atoms with E-state index >= 15 is 0 Å². The number of rotatable bonds is 3. The van der Waals surface area contributed by atoms with Crippen molar-refractivity contribution in [2.45, 2.75) is 44.2 Å². The van der Waals surface area contributed by atoms with Gasteiger partial charge in [0.05, 0.1) is 6.20 Å². The topological polar surface area (TPSA) is 52.6 Å². The van der Waals surface area contributed by atoms with Crippen LogP contribution in [0.15, 0.2) is 18.6 Å². The van der Waals surface area contributed by atoms with Crippen molar-refractivity contribution in [1.29, 1.82) is 0 Å². The van der Waals surface area contributed by atoms with E-state index in [9.17, 15) is 4.79 Å². The molecule has 3 aliphatic rings. The molecule has 1 aromatic heterocycles. The van der Waals surface area contributed by atoms with Gasteiger partial charge in [-0.3, -0.25) is 19.6 Å². The fourth-order valence-corrected chi connectivity index (χ4v) is 4.34. The number of likely N-dealkylation sites (tertiary alicyclic amines) is 1. The van der Waals surface area contributed by atoms with E-state index in [1.165, 1.54) is 45.2 Å². The van der Waals surface area contributed by atoms with Crippen molar-refractivity contribution in [2.75, 3.05) is 39.3 Å². The van der Waals surface area contributed by atoms with Crippen molar-refractivity contribution in [1.82, 2.24) is 24.7 Å². The van der Waals surface area contributed by atoms with Gasteiger partial charge in [0, 0.05) is 63.7 Å².